The van der Waals surface area contributed by atoms with Crippen LogP contribution in [0.15, 0.2) is 40.7 Å². The van der Waals surface area contributed by atoms with Gasteiger partial charge < -0.3 is 15.5 Å². The van der Waals surface area contributed by atoms with Crippen LogP contribution in [0.25, 0.3) is 0 Å². The Kier molecular flexibility index (Phi) is 8.68. The second-order valence-electron chi connectivity index (χ2n) is 7.74. The van der Waals surface area contributed by atoms with Crippen LogP contribution in [0.3, 0.4) is 0 Å². The van der Waals surface area contributed by atoms with Crippen molar-refractivity contribution < 1.29 is 4.79 Å². The Hall–Kier alpha value is -2.41. The first-order valence-electron chi connectivity index (χ1n) is 10.9. The molecule has 0 bridgehead atoms. The Bertz CT molecular complexity index is 812. The molecule has 3 rings (SSSR count). The molecule has 7 heteroatoms. The highest BCUT2D eigenvalue weighted by atomic mass is 32.1. The third-order valence-electron chi connectivity index (χ3n) is 5.39. The van der Waals surface area contributed by atoms with E-state index in [2.05, 4.69) is 56.3 Å². The molecular formula is C23H33N5OS. The van der Waals surface area contributed by atoms with E-state index in [9.17, 15) is 4.79 Å². The van der Waals surface area contributed by atoms with E-state index in [4.69, 9.17) is 0 Å². The Morgan fingerprint density at radius 2 is 2.00 bits per heavy atom. The van der Waals surface area contributed by atoms with Crippen molar-refractivity contribution in [2.24, 2.45) is 10.9 Å². The molecular weight excluding hydrogens is 394 g/mol. The SMILES string of the molecule is CCNC(=NCC(=O)N1CCC(Cc2ccccc2)CC1)NCCc1csc(C)n1. The first kappa shape index (κ1) is 22.3. The Labute approximate surface area is 183 Å². The summed E-state index contributed by atoms with van der Waals surface area (Å²) in [6, 6.07) is 10.6. The van der Waals surface area contributed by atoms with Gasteiger partial charge in [-0.3, -0.25) is 4.79 Å². The summed E-state index contributed by atoms with van der Waals surface area (Å²) in [5.41, 5.74) is 2.48. The number of nitrogens with zero attached hydrogens (tertiary/aromatic N) is 3. The minimum atomic E-state index is 0.112. The summed E-state index contributed by atoms with van der Waals surface area (Å²) < 4.78 is 0. The minimum Gasteiger partial charge on any atom is -0.357 e. The summed E-state index contributed by atoms with van der Waals surface area (Å²) in [5.74, 6) is 1.46. The number of amides is 1. The standard InChI is InChI=1S/C23H33N5OS/c1-3-24-23(25-12-9-21-17-30-18(2)27-21)26-16-22(29)28-13-10-20(11-14-28)15-19-7-5-4-6-8-19/h4-8,17,20H,3,9-16H2,1-2H3,(H2,24,25,26). The van der Waals surface area contributed by atoms with E-state index in [1.807, 2.05) is 18.7 Å². The van der Waals surface area contributed by atoms with Crippen molar-refractivity contribution in [1.29, 1.82) is 0 Å². The van der Waals surface area contributed by atoms with Crippen LogP contribution in [0.1, 0.15) is 36.0 Å². The van der Waals surface area contributed by atoms with Crippen molar-refractivity contribution in [3.63, 3.8) is 0 Å². The molecule has 2 N–H and O–H groups in total. The van der Waals surface area contributed by atoms with Crippen molar-refractivity contribution in [2.45, 2.75) is 39.5 Å². The molecule has 0 atom stereocenters. The number of carbonyl (C=O) groups is 1. The summed E-state index contributed by atoms with van der Waals surface area (Å²) in [7, 11) is 0. The number of likely N-dealkylation sites (tertiary alicyclic amines) is 1. The first-order chi connectivity index (χ1) is 14.6. The Balaban J connectivity index is 1.41. The number of hydrogen-bond acceptors (Lipinski definition) is 4. The summed E-state index contributed by atoms with van der Waals surface area (Å²) >= 11 is 1.67. The molecule has 1 amide bonds. The van der Waals surface area contributed by atoms with Crippen LogP contribution >= 0.6 is 11.3 Å². The molecule has 1 aromatic carbocycles. The van der Waals surface area contributed by atoms with Crippen molar-refractivity contribution in [2.75, 3.05) is 32.7 Å². The number of rotatable bonds is 8. The lowest BCUT2D eigenvalue weighted by Gasteiger charge is -2.32. The van der Waals surface area contributed by atoms with Crippen LogP contribution in [-0.2, 0) is 17.6 Å². The van der Waals surface area contributed by atoms with E-state index in [1.165, 1.54) is 5.56 Å². The molecule has 0 aliphatic carbocycles. The van der Waals surface area contributed by atoms with Crippen LogP contribution in [0.5, 0.6) is 0 Å². The number of carbonyl (C=O) groups excluding carboxylic acids is 1. The van der Waals surface area contributed by atoms with Crippen LogP contribution in [0.2, 0.25) is 0 Å². The van der Waals surface area contributed by atoms with Crippen LogP contribution in [0.4, 0.5) is 0 Å². The van der Waals surface area contributed by atoms with E-state index < -0.39 is 0 Å². The Morgan fingerprint density at radius 3 is 2.67 bits per heavy atom. The first-order valence-corrected chi connectivity index (χ1v) is 11.8. The molecule has 0 radical (unpaired) electrons. The van der Waals surface area contributed by atoms with Gasteiger partial charge >= 0.3 is 0 Å². The number of thiazole rings is 1. The lowest BCUT2D eigenvalue weighted by molar-refractivity contribution is -0.130. The predicted molar refractivity (Wildman–Crippen MR) is 124 cm³/mol. The average Bonchev–Trinajstić information content (AvgIpc) is 3.18. The lowest BCUT2D eigenvalue weighted by atomic mass is 9.90. The zero-order valence-electron chi connectivity index (χ0n) is 18.1. The number of aryl methyl sites for hydroxylation is 1. The van der Waals surface area contributed by atoms with Gasteiger partial charge in [-0.05, 0) is 44.6 Å². The maximum Gasteiger partial charge on any atom is 0.244 e. The molecule has 0 spiro atoms. The molecule has 2 heterocycles. The third kappa shape index (κ3) is 7.13. The fourth-order valence-corrected chi connectivity index (χ4v) is 4.40. The van der Waals surface area contributed by atoms with Crippen molar-refractivity contribution >= 4 is 23.2 Å². The van der Waals surface area contributed by atoms with Crippen LogP contribution in [-0.4, -0.2) is 54.5 Å². The van der Waals surface area contributed by atoms with E-state index in [1.54, 1.807) is 11.3 Å². The van der Waals surface area contributed by atoms with Gasteiger partial charge in [0, 0.05) is 38.0 Å². The van der Waals surface area contributed by atoms with Crippen LogP contribution < -0.4 is 10.6 Å². The molecule has 2 aromatic rings. The smallest absolute Gasteiger partial charge is 0.244 e. The summed E-state index contributed by atoms with van der Waals surface area (Å²) in [5, 5.41) is 9.70. The van der Waals surface area contributed by atoms with E-state index in [-0.39, 0.29) is 12.5 Å². The quantitative estimate of drug-likeness (QED) is 0.502. The zero-order valence-corrected chi connectivity index (χ0v) is 18.9. The van der Waals surface area contributed by atoms with Gasteiger partial charge in [-0.25, -0.2) is 9.98 Å². The molecule has 1 aromatic heterocycles. The van der Waals surface area contributed by atoms with Gasteiger partial charge in [0.05, 0.1) is 10.7 Å². The highest BCUT2D eigenvalue weighted by Crippen LogP contribution is 2.21. The normalized spacial score (nSPS) is 15.3. The number of guanidine groups is 1. The number of nitrogens with one attached hydrogen (secondary N) is 2. The minimum absolute atomic E-state index is 0.112. The number of aliphatic imine (C=N–C) groups is 1. The maximum atomic E-state index is 12.6. The molecule has 1 saturated heterocycles. The lowest BCUT2D eigenvalue weighted by Crippen LogP contribution is -2.42. The largest absolute Gasteiger partial charge is 0.357 e. The molecule has 0 saturated carbocycles. The number of benzene rings is 1. The summed E-state index contributed by atoms with van der Waals surface area (Å²) in [6.07, 6.45) is 4.08. The maximum absolute atomic E-state index is 12.6. The third-order valence-corrected chi connectivity index (χ3v) is 6.21. The predicted octanol–water partition coefficient (Wildman–Crippen LogP) is 3.03. The molecule has 6 nitrogen and oxygen atoms in total. The van der Waals surface area contributed by atoms with Gasteiger partial charge in [-0.1, -0.05) is 30.3 Å². The van der Waals surface area contributed by atoms with Crippen molar-refractivity contribution in [1.82, 2.24) is 20.5 Å². The monoisotopic (exact) mass is 427 g/mol. The van der Waals surface area contributed by atoms with E-state index in [0.29, 0.717) is 11.9 Å². The molecule has 1 fully saturated rings. The highest BCUT2D eigenvalue weighted by molar-refractivity contribution is 7.09. The van der Waals surface area contributed by atoms with Gasteiger partial charge in [0.15, 0.2) is 5.96 Å². The topological polar surface area (TPSA) is 69.6 Å². The van der Waals surface area contributed by atoms with Gasteiger partial charge in [0.2, 0.25) is 5.91 Å². The van der Waals surface area contributed by atoms with Crippen molar-refractivity contribution in [3.8, 4) is 0 Å². The molecule has 0 unspecified atom stereocenters. The van der Waals surface area contributed by atoms with Crippen LogP contribution in [0, 0.1) is 12.8 Å². The second kappa shape index (κ2) is 11.7. The van der Waals surface area contributed by atoms with Crippen molar-refractivity contribution in [3.05, 3.63) is 52.0 Å². The number of aromatic nitrogens is 1. The highest BCUT2D eigenvalue weighted by Gasteiger charge is 2.22. The van der Waals surface area contributed by atoms with Gasteiger partial charge in [0.25, 0.3) is 0 Å². The average molecular weight is 428 g/mol. The molecule has 1 aliphatic rings. The van der Waals surface area contributed by atoms with E-state index in [0.717, 1.165) is 62.6 Å². The number of hydrogen-bond donors (Lipinski definition) is 2. The molecule has 1 aliphatic heterocycles. The van der Waals surface area contributed by atoms with E-state index >= 15 is 0 Å². The Morgan fingerprint density at radius 1 is 1.23 bits per heavy atom. The van der Waals surface area contributed by atoms with Gasteiger partial charge in [0.1, 0.15) is 6.54 Å². The molecule has 30 heavy (non-hydrogen) atoms. The summed E-state index contributed by atoms with van der Waals surface area (Å²) in [4.78, 5) is 23.6. The molecule has 162 valence electrons. The van der Waals surface area contributed by atoms with Gasteiger partial charge in [-0.2, -0.15) is 0 Å². The van der Waals surface area contributed by atoms with Gasteiger partial charge in [-0.15, -0.1) is 11.3 Å². The zero-order chi connectivity index (χ0) is 21.2. The fraction of sp³-hybridized carbons (Fsp3) is 0.522. The summed E-state index contributed by atoms with van der Waals surface area (Å²) in [6.45, 7) is 7.41. The fourth-order valence-electron chi connectivity index (χ4n) is 3.75. The second-order valence-corrected chi connectivity index (χ2v) is 8.81. The number of piperidine rings is 1.